The third kappa shape index (κ3) is 8.89. The highest BCUT2D eigenvalue weighted by atomic mass is 16.5. The van der Waals surface area contributed by atoms with Gasteiger partial charge in [-0.3, -0.25) is 14.4 Å². The molecule has 0 aromatic heterocycles. The summed E-state index contributed by atoms with van der Waals surface area (Å²) in [5.74, 6) is -0.139. The molecule has 7 nitrogen and oxygen atoms in total. The van der Waals surface area contributed by atoms with Gasteiger partial charge >= 0.3 is 5.97 Å². The lowest BCUT2D eigenvalue weighted by molar-refractivity contribution is -0.141. The van der Waals surface area contributed by atoms with E-state index < -0.39 is 0 Å². The quantitative estimate of drug-likeness (QED) is 0.179. The summed E-state index contributed by atoms with van der Waals surface area (Å²) < 4.78 is 21.0. The molecule has 0 bridgehead atoms. The van der Waals surface area contributed by atoms with Crippen LogP contribution in [0.2, 0.25) is 0 Å². The van der Waals surface area contributed by atoms with Crippen LogP contribution in [0.4, 0.5) is 0 Å². The standard InChI is InChI=1S/C28H38O7/c1-20-24(26(31)28(33-4)27(32-3)25(20)30)19-22-13-15-23(16-14-22)35-18-12-10-8-6-5-7-9-11-17-34-21(2)29/h13-16H,5-12,17-19H2,1-4H3. The molecule has 0 saturated carbocycles. The molecule has 0 fully saturated rings. The van der Waals surface area contributed by atoms with Crippen LogP contribution in [-0.4, -0.2) is 45.0 Å². The van der Waals surface area contributed by atoms with E-state index in [1.54, 1.807) is 6.92 Å². The molecule has 0 aliphatic heterocycles. The molecule has 0 amide bonds. The predicted molar refractivity (Wildman–Crippen MR) is 133 cm³/mol. The number of carbonyl (C=O) groups excluding carboxylic acids is 3. The number of Topliss-reactive ketones (excluding diaryl/α,β-unsaturated/α-hetero) is 2. The van der Waals surface area contributed by atoms with Crippen LogP contribution in [-0.2, 0) is 35.0 Å². The van der Waals surface area contributed by atoms with E-state index in [-0.39, 0.29) is 29.1 Å². The van der Waals surface area contributed by atoms with Crippen molar-refractivity contribution in [1.29, 1.82) is 0 Å². The lowest BCUT2D eigenvalue weighted by Crippen LogP contribution is -2.25. The van der Waals surface area contributed by atoms with E-state index in [9.17, 15) is 14.4 Å². The summed E-state index contributed by atoms with van der Waals surface area (Å²) in [6.07, 6.45) is 9.31. The maximum Gasteiger partial charge on any atom is 0.302 e. The topological polar surface area (TPSA) is 88.1 Å². The number of esters is 1. The van der Waals surface area contributed by atoms with Crippen LogP contribution < -0.4 is 4.74 Å². The van der Waals surface area contributed by atoms with Crippen LogP contribution in [0, 0.1) is 0 Å². The summed E-state index contributed by atoms with van der Waals surface area (Å²) >= 11 is 0. The monoisotopic (exact) mass is 486 g/mol. The minimum absolute atomic E-state index is 0.0428. The van der Waals surface area contributed by atoms with Crippen molar-refractivity contribution in [3.63, 3.8) is 0 Å². The average Bonchev–Trinajstić information content (AvgIpc) is 2.85. The zero-order chi connectivity index (χ0) is 25.6. The van der Waals surface area contributed by atoms with Crippen LogP contribution in [0.5, 0.6) is 5.75 Å². The molecule has 0 heterocycles. The molecular formula is C28H38O7. The number of methoxy groups -OCH3 is 2. The van der Waals surface area contributed by atoms with E-state index in [0.717, 1.165) is 37.0 Å². The number of allylic oxidation sites excluding steroid dienone is 2. The maximum atomic E-state index is 12.8. The minimum atomic E-state index is -0.321. The van der Waals surface area contributed by atoms with Gasteiger partial charge in [0.2, 0.25) is 23.1 Å². The predicted octanol–water partition coefficient (Wildman–Crippen LogP) is 5.26. The molecule has 0 N–H and O–H groups in total. The fraction of sp³-hybridized carbons (Fsp3) is 0.536. The van der Waals surface area contributed by atoms with Crippen molar-refractivity contribution < 1.29 is 33.3 Å². The summed E-state index contributed by atoms with van der Waals surface area (Å²) in [7, 11) is 2.72. The SMILES string of the molecule is COC1=C(OC)C(=O)C(Cc2ccc(OCCCCCCCCCCOC(C)=O)cc2)=C(C)C1=O. The Morgan fingerprint density at radius 2 is 1.26 bits per heavy atom. The Bertz CT molecular complexity index is 925. The molecule has 0 radical (unpaired) electrons. The van der Waals surface area contributed by atoms with Gasteiger partial charge in [0.25, 0.3) is 0 Å². The summed E-state index contributed by atoms with van der Waals surface area (Å²) in [5.41, 5.74) is 1.72. The highest BCUT2D eigenvalue weighted by Gasteiger charge is 2.34. The van der Waals surface area contributed by atoms with Gasteiger partial charge in [0.15, 0.2) is 0 Å². The van der Waals surface area contributed by atoms with E-state index in [1.807, 2.05) is 24.3 Å². The third-order valence-corrected chi connectivity index (χ3v) is 6.01. The Morgan fingerprint density at radius 3 is 1.80 bits per heavy atom. The number of hydrogen-bond donors (Lipinski definition) is 0. The Morgan fingerprint density at radius 1 is 0.743 bits per heavy atom. The van der Waals surface area contributed by atoms with Gasteiger partial charge in [-0.2, -0.15) is 0 Å². The zero-order valence-corrected chi connectivity index (χ0v) is 21.4. The largest absolute Gasteiger partial charge is 0.494 e. The maximum absolute atomic E-state index is 12.8. The zero-order valence-electron chi connectivity index (χ0n) is 21.4. The number of hydrogen-bond acceptors (Lipinski definition) is 7. The lowest BCUT2D eigenvalue weighted by atomic mass is 9.89. The number of carbonyl (C=O) groups is 3. The fourth-order valence-corrected chi connectivity index (χ4v) is 3.98. The average molecular weight is 487 g/mol. The normalized spacial score (nSPS) is 13.8. The van der Waals surface area contributed by atoms with Crippen LogP contribution in [0.15, 0.2) is 46.9 Å². The van der Waals surface area contributed by atoms with Crippen LogP contribution in [0.25, 0.3) is 0 Å². The molecule has 0 spiro atoms. The van der Waals surface area contributed by atoms with Gasteiger partial charge in [-0.1, -0.05) is 50.7 Å². The van der Waals surface area contributed by atoms with Gasteiger partial charge in [0, 0.05) is 24.5 Å². The van der Waals surface area contributed by atoms with E-state index in [2.05, 4.69) is 0 Å². The number of benzene rings is 1. The number of unbranched alkanes of at least 4 members (excludes halogenated alkanes) is 7. The van der Waals surface area contributed by atoms with E-state index in [0.29, 0.717) is 30.8 Å². The molecule has 1 aromatic carbocycles. The Kier molecular flexibility index (Phi) is 12.1. The molecule has 192 valence electrons. The van der Waals surface area contributed by atoms with E-state index in [1.165, 1.54) is 46.8 Å². The van der Waals surface area contributed by atoms with Crippen LogP contribution in [0.1, 0.15) is 70.8 Å². The number of ketones is 2. The summed E-state index contributed by atoms with van der Waals surface area (Å²) in [6.45, 7) is 4.28. The smallest absolute Gasteiger partial charge is 0.302 e. The number of ether oxygens (including phenoxy) is 4. The molecule has 1 aliphatic rings. The first-order valence-corrected chi connectivity index (χ1v) is 12.4. The summed E-state index contributed by atoms with van der Waals surface area (Å²) in [4.78, 5) is 36.0. The van der Waals surface area contributed by atoms with E-state index in [4.69, 9.17) is 18.9 Å². The Labute approximate surface area is 208 Å². The molecule has 2 rings (SSSR count). The first kappa shape index (κ1) is 28.1. The molecule has 1 aliphatic carbocycles. The lowest BCUT2D eigenvalue weighted by Gasteiger charge is -2.20. The van der Waals surface area contributed by atoms with Crippen molar-refractivity contribution in [3.05, 3.63) is 52.5 Å². The first-order chi connectivity index (χ1) is 16.9. The minimum Gasteiger partial charge on any atom is -0.494 e. The van der Waals surface area contributed by atoms with Crippen molar-refractivity contribution in [2.45, 2.75) is 71.6 Å². The first-order valence-electron chi connectivity index (χ1n) is 12.4. The number of rotatable bonds is 16. The van der Waals surface area contributed by atoms with Crippen LogP contribution in [0.3, 0.4) is 0 Å². The third-order valence-electron chi connectivity index (χ3n) is 6.01. The molecule has 1 aromatic rings. The summed E-state index contributed by atoms with van der Waals surface area (Å²) in [5, 5.41) is 0. The molecule has 35 heavy (non-hydrogen) atoms. The molecule has 7 heteroatoms. The van der Waals surface area contributed by atoms with Gasteiger partial charge in [-0.25, -0.2) is 0 Å². The van der Waals surface area contributed by atoms with Gasteiger partial charge in [-0.05, 0) is 37.5 Å². The Balaban J connectivity index is 1.67. The highest BCUT2D eigenvalue weighted by Crippen LogP contribution is 2.28. The van der Waals surface area contributed by atoms with Gasteiger partial charge in [0.1, 0.15) is 5.75 Å². The Hall–Kier alpha value is -3.09. The highest BCUT2D eigenvalue weighted by molar-refractivity contribution is 6.23. The van der Waals surface area contributed by atoms with Gasteiger partial charge < -0.3 is 18.9 Å². The fourth-order valence-electron chi connectivity index (χ4n) is 3.98. The second kappa shape index (κ2) is 15.0. The summed E-state index contributed by atoms with van der Waals surface area (Å²) in [6, 6.07) is 7.61. The van der Waals surface area contributed by atoms with Crippen molar-refractivity contribution in [2.24, 2.45) is 0 Å². The van der Waals surface area contributed by atoms with Crippen molar-refractivity contribution in [2.75, 3.05) is 27.4 Å². The second-order valence-electron chi connectivity index (χ2n) is 8.67. The van der Waals surface area contributed by atoms with Crippen molar-refractivity contribution >= 4 is 17.5 Å². The molecule has 0 atom stereocenters. The van der Waals surface area contributed by atoms with Crippen molar-refractivity contribution in [3.8, 4) is 5.75 Å². The van der Waals surface area contributed by atoms with Gasteiger partial charge in [-0.15, -0.1) is 0 Å². The molecule has 0 unspecified atom stereocenters. The van der Waals surface area contributed by atoms with Crippen LogP contribution >= 0.6 is 0 Å². The van der Waals surface area contributed by atoms with Crippen molar-refractivity contribution in [1.82, 2.24) is 0 Å². The van der Waals surface area contributed by atoms with Gasteiger partial charge in [0.05, 0.1) is 27.4 Å². The molecule has 0 saturated heterocycles. The second-order valence-corrected chi connectivity index (χ2v) is 8.67. The molecular weight excluding hydrogens is 448 g/mol. The van der Waals surface area contributed by atoms with E-state index >= 15 is 0 Å².